The molecule has 1 aromatic heterocycles. The van der Waals surface area contributed by atoms with Crippen LogP contribution in [0.4, 0.5) is 10.5 Å². The largest absolute Gasteiger partial charge is 0.477 e. The third-order valence-corrected chi connectivity index (χ3v) is 7.85. The number of amides is 2. The van der Waals surface area contributed by atoms with Crippen molar-refractivity contribution in [2.24, 2.45) is 15.4 Å². The van der Waals surface area contributed by atoms with Gasteiger partial charge in [0.15, 0.2) is 9.92 Å². The average Bonchev–Trinajstić information content (AvgIpc) is 3.44. The van der Waals surface area contributed by atoms with Crippen LogP contribution in [0.2, 0.25) is 0 Å². The number of aryl methyl sites for hydroxylation is 2. The first-order valence-electron chi connectivity index (χ1n) is 11.2. The van der Waals surface area contributed by atoms with Gasteiger partial charge in [0.05, 0.1) is 12.8 Å². The molecule has 2 amide bonds. The lowest BCUT2D eigenvalue weighted by atomic mass is 9.99. The van der Waals surface area contributed by atoms with Crippen molar-refractivity contribution >= 4 is 21.6 Å². The average molecular weight is 459 g/mol. The maximum absolute atomic E-state index is 13.2. The number of fused-ring (bicyclic) bond motifs is 3. The maximum Gasteiger partial charge on any atom is 0.354 e. The molecule has 0 saturated carbocycles. The van der Waals surface area contributed by atoms with Gasteiger partial charge in [0, 0.05) is 25.2 Å². The molecule has 2 atom stereocenters. The monoisotopic (exact) mass is 458 g/mol. The number of nitrogens with one attached hydrogen (secondary N) is 1. The number of nitrogens with zero attached hydrogens (tertiary/aromatic N) is 4. The van der Waals surface area contributed by atoms with Gasteiger partial charge in [-0.1, -0.05) is 6.07 Å². The maximum atomic E-state index is 13.2. The number of rotatable bonds is 4. The number of hydrogen-bond acceptors (Lipinski definition) is 5. The molecule has 2 heterocycles. The lowest BCUT2D eigenvalue weighted by Crippen LogP contribution is -2.22. The van der Waals surface area contributed by atoms with Crippen LogP contribution in [0, 0.1) is 5.92 Å². The van der Waals surface area contributed by atoms with Gasteiger partial charge >= 0.3 is 6.03 Å². The molecule has 3 N–H and O–H groups in total. The van der Waals surface area contributed by atoms with E-state index in [0.29, 0.717) is 24.9 Å². The first-order chi connectivity index (χ1) is 15.3. The van der Waals surface area contributed by atoms with Gasteiger partial charge in [0.25, 0.3) is 0 Å². The minimum Gasteiger partial charge on any atom is -0.477 e. The zero-order chi connectivity index (χ0) is 22.5. The molecule has 0 bridgehead atoms. The van der Waals surface area contributed by atoms with E-state index in [1.165, 1.54) is 28.5 Å². The van der Waals surface area contributed by atoms with Crippen LogP contribution in [0.5, 0.6) is 5.88 Å². The Morgan fingerprint density at radius 2 is 2.16 bits per heavy atom. The zero-order valence-electron chi connectivity index (χ0n) is 18.6. The Bertz CT molecular complexity index is 1190. The molecular formula is C22H30N6O3S. The van der Waals surface area contributed by atoms with Crippen LogP contribution in [-0.2, 0) is 42.1 Å². The summed E-state index contributed by atoms with van der Waals surface area (Å²) in [5.41, 5.74) is 5.84. The number of anilines is 1. The van der Waals surface area contributed by atoms with Crippen LogP contribution in [0.3, 0.4) is 0 Å². The normalized spacial score (nSPS) is 20.8. The Morgan fingerprint density at radius 1 is 1.31 bits per heavy atom. The molecule has 1 aromatic carbocycles. The second kappa shape index (κ2) is 8.17. The molecule has 172 valence electrons. The van der Waals surface area contributed by atoms with E-state index >= 15 is 0 Å². The second-order valence-electron chi connectivity index (χ2n) is 9.25. The highest BCUT2D eigenvalue weighted by molar-refractivity contribution is 7.91. The molecule has 0 spiro atoms. The zero-order valence-corrected chi connectivity index (χ0v) is 19.4. The van der Waals surface area contributed by atoms with Crippen molar-refractivity contribution in [2.75, 3.05) is 32.6 Å². The molecule has 0 saturated heterocycles. The summed E-state index contributed by atoms with van der Waals surface area (Å²) < 4.78 is 24.3. The molecule has 0 radical (unpaired) electrons. The van der Waals surface area contributed by atoms with Crippen LogP contribution >= 0.6 is 0 Å². The van der Waals surface area contributed by atoms with E-state index in [-0.39, 0.29) is 4.90 Å². The SMILES string of the molecule is CN(C)CC1Cc2cc3c(c(NC(=O)N=S(N)(=O)c4cnn5c4OCCC5)c2C1)CCC3. The molecule has 10 heteroatoms. The molecule has 0 fully saturated rings. The number of carbonyl (C=O) groups is 1. The first-order valence-corrected chi connectivity index (χ1v) is 12.8. The van der Waals surface area contributed by atoms with Gasteiger partial charge in [-0.05, 0) is 74.4 Å². The minimum atomic E-state index is -3.48. The summed E-state index contributed by atoms with van der Waals surface area (Å²) in [5.74, 6) is 0.860. The summed E-state index contributed by atoms with van der Waals surface area (Å²) in [6.45, 7) is 2.16. The standard InChI is InChI=1S/C22H30N6O3S/c1-27(2)13-14-9-16-11-15-5-3-6-17(15)20(18(16)10-14)25-22(29)26-32(23,30)19-12-24-28-7-4-8-31-21(19)28/h11-12,14H,3-10,13H2,1-2H3,(H3,23,25,26,29,30). The van der Waals surface area contributed by atoms with Crippen LogP contribution in [0.1, 0.15) is 35.1 Å². The van der Waals surface area contributed by atoms with Gasteiger partial charge in [-0.3, -0.25) is 0 Å². The molecule has 2 aromatic rings. The summed E-state index contributed by atoms with van der Waals surface area (Å²) in [6, 6.07) is 1.63. The number of urea groups is 1. The van der Waals surface area contributed by atoms with Crippen molar-refractivity contribution in [3.8, 4) is 5.88 Å². The second-order valence-corrected chi connectivity index (χ2v) is 11.0. The Hall–Kier alpha value is -2.43. The predicted octanol–water partition coefficient (Wildman–Crippen LogP) is 2.36. The fourth-order valence-electron chi connectivity index (χ4n) is 5.28. The van der Waals surface area contributed by atoms with Gasteiger partial charge in [-0.15, -0.1) is 4.36 Å². The van der Waals surface area contributed by atoms with Crippen LogP contribution < -0.4 is 15.2 Å². The van der Waals surface area contributed by atoms with Crippen molar-refractivity contribution < 1.29 is 13.7 Å². The molecule has 2 aliphatic carbocycles. The summed E-state index contributed by atoms with van der Waals surface area (Å²) in [6.07, 6.45) is 7.16. The van der Waals surface area contributed by atoms with Gasteiger partial charge in [0.2, 0.25) is 5.88 Å². The van der Waals surface area contributed by atoms with E-state index in [2.05, 4.69) is 39.8 Å². The Labute approximate surface area is 188 Å². The van der Waals surface area contributed by atoms with Crippen molar-refractivity contribution in [3.63, 3.8) is 0 Å². The molecule has 2 unspecified atom stereocenters. The predicted molar refractivity (Wildman–Crippen MR) is 122 cm³/mol. The van der Waals surface area contributed by atoms with Gasteiger partial charge in [0.1, 0.15) is 4.90 Å². The van der Waals surface area contributed by atoms with Crippen LogP contribution in [0.25, 0.3) is 0 Å². The third kappa shape index (κ3) is 3.91. The number of nitrogens with two attached hydrogens (primary N) is 1. The number of ether oxygens (including phenoxy) is 1. The minimum absolute atomic E-state index is 0.168. The summed E-state index contributed by atoms with van der Waals surface area (Å²) in [5, 5.41) is 13.2. The third-order valence-electron chi connectivity index (χ3n) is 6.50. The van der Waals surface area contributed by atoms with Crippen molar-refractivity contribution in [3.05, 3.63) is 34.5 Å². The van der Waals surface area contributed by atoms with E-state index in [9.17, 15) is 9.00 Å². The van der Waals surface area contributed by atoms with E-state index < -0.39 is 15.9 Å². The van der Waals surface area contributed by atoms with E-state index in [0.717, 1.165) is 50.8 Å². The Balaban J connectivity index is 1.45. The number of aromatic nitrogens is 2. The highest BCUT2D eigenvalue weighted by Crippen LogP contribution is 2.40. The van der Waals surface area contributed by atoms with Crippen LogP contribution in [-0.4, -0.2) is 52.2 Å². The molecule has 5 rings (SSSR count). The van der Waals surface area contributed by atoms with E-state index in [1.807, 2.05) is 0 Å². The highest BCUT2D eigenvalue weighted by Gasteiger charge is 2.30. The van der Waals surface area contributed by atoms with Crippen molar-refractivity contribution in [2.45, 2.75) is 50.0 Å². The van der Waals surface area contributed by atoms with Gasteiger partial charge in [-0.2, -0.15) is 5.10 Å². The topological polar surface area (TPSA) is 115 Å². The lowest BCUT2D eigenvalue weighted by Gasteiger charge is -2.17. The summed E-state index contributed by atoms with van der Waals surface area (Å²) in [7, 11) is 0.685. The summed E-state index contributed by atoms with van der Waals surface area (Å²) >= 11 is 0. The van der Waals surface area contributed by atoms with Crippen LogP contribution in [0.15, 0.2) is 21.5 Å². The Morgan fingerprint density at radius 3 is 2.97 bits per heavy atom. The molecule has 9 nitrogen and oxygen atoms in total. The number of benzene rings is 1. The summed E-state index contributed by atoms with van der Waals surface area (Å²) in [4.78, 5) is 15.3. The molecule has 1 aliphatic heterocycles. The van der Waals surface area contributed by atoms with Gasteiger partial charge < -0.3 is 15.0 Å². The quantitative estimate of drug-likeness (QED) is 0.730. The molecule has 32 heavy (non-hydrogen) atoms. The molecular weight excluding hydrogens is 428 g/mol. The van der Waals surface area contributed by atoms with Gasteiger partial charge in [-0.25, -0.2) is 18.8 Å². The smallest absolute Gasteiger partial charge is 0.354 e. The van der Waals surface area contributed by atoms with E-state index in [1.54, 1.807) is 4.68 Å². The number of hydrogen-bond donors (Lipinski definition) is 2. The highest BCUT2D eigenvalue weighted by atomic mass is 32.2. The van der Waals surface area contributed by atoms with E-state index in [4.69, 9.17) is 9.88 Å². The first kappa shape index (κ1) is 21.4. The number of carbonyl (C=O) groups excluding carboxylic acids is 1. The van der Waals surface area contributed by atoms with Crippen molar-refractivity contribution in [1.82, 2.24) is 14.7 Å². The Kier molecular flexibility index (Phi) is 5.47. The lowest BCUT2D eigenvalue weighted by molar-refractivity contribution is 0.224. The fraction of sp³-hybridized carbons (Fsp3) is 0.545. The fourth-order valence-corrected chi connectivity index (χ4v) is 6.29. The van der Waals surface area contributed by atoms with Crippen molar-refractivity contribution in [1.29, 1.82) is 0 Å². The molecule has 3 aliphatic rings.